The van der Waals surface area contributed by atoms with Crippen LogP contribution < -0.4 is 16.6 Å². The number of hydrogen-bond acceptors (Lipinski definition) is 4. The maximum Gasteiger partial charge on any atom is 0.267 e. The van der Waals surface area contributed by atoms with Gasteiger partial charge in [0.15, 0.2) is 0 Å². The van der Waals surface area contributed by atoms with Gasteiger partial charge in [-0.15, -0.1) is 0 Å². The van der Waals surface area contributed by atoms with E-state index in [9.17, 15) is 9.59 Å². The van der Waals surface area contributed by atoms with Crippen LogP contribution in [0, 0.1) is 0 Å². The van der Waals surface area contributed by atoms with Gasteiger partial charge in [-0.1, -0.05) is 0 Å². The van der Waals surface area contributed by atoms with Gasteiger partial charge in [-0.05, 0) is 19.8 Å². The van der Waals surface area contributed by atoms with E-state index >= 15 is 0 Å². The van der Waals surface area contributed by atoms with Gasteiger partial charge in [-0.25, -0.2) is 0 Å². The van der Waals surface area contributed by atoms with Crippen LogP contribution in [-0.2, 0) is 14.3 Å². The first kappa shape index (κ1) is 10.9. The maximum absolute atomic E-state index is 11.3. The second-order valence-electron chi connectivity index (χ2n) is 3.27. The fourth-order valence-corrected chi connectivity index (χ4v) is 1.10. The van der Waals surface area contributed by atoms with Crippen LogP contribution in [0.2, 0.25) is 0 Å². The van der Waals surface area contributed by atoms with Crippen molar-refractivity contribution in [3.8, 4) is 0 Å². The number of rotatable bonds is 2. The number of carbonyl (C=O) groups excluding carboxylic acids is 2. The first-order valence-corrected chi connectivity index (χ1v) is 4.58. The van der Waals surface area contributed by atoms with Crippen molar-refractivity contribution in [3.05, 3.63) is 0 Å². The van der Waals surface area contributed by atoms with Crippen LogP contribution >= 0.6 is 0 Å². The van der Waals surface area contributed by atoms with Crippen LogP contribution in [0.1, 0.15) is 19.8 Å². The Labute approximate surface area is 82.1 Å². The molecule has 0 aromatic carbocycles. The zero-order valence-electron chi connectivity index (χ0n) is 8.08. The molecule has 6 nitrogen and oxygen atoms in total. The monoisotopic (exact) mass is 201 g/mol. The van der Waals surface area contributed by atoms with Crippen LogP contribution in [0.25, 0.3) is 0 Å². The molecule has 1 aliphatic heterocycles. The summed E-state index contributed by atoms with van der Waals surface area (Å²) >= 11 is 0. The molecule has 0 spiro atoms. The Morgan fingerprint density at radius 2 is 2.21 bits per heavy atom. The number of amides is 2. The van der Waals surface area contributed by atoms with Crippen LogP contribution in [0.3, 0.4) is 0 Å². The van der Waals surface area contributed by atoms with E-state index in [2.05, 4.69) is 10.9 Å². The molecule has 0 radical (unpaired) electrons. The fourth-order valence-electron chi connectivity index (χ4n) is 1.10. The summed E-state index contributed by atoms with van der Waals surface area (Å²) in [7, 11) is 0. The predicted octanol–water partition coefficient (Wildman–Crippen LogP) is -1.34. The highest BCUT2D eigenvalue weighted by Crippen LogP contribution is 2.11. The van der Waals surface area contributed by atoms with E-state index in [0.717, 1.165) is 6.42 Å². The number of ether oxygens (including phenoxy) is 1. The Kier molecular flexibility index (Phi) is 3.84. The quantitative estimate of drug-likeness (QED) is 0.482. The van der Waals surface area contributed by atoms with Gasteiger partial charge in [0.05, 0.1) is 6.04 Å². The fraction of sp³-hybridized carbons (Fsp3) is 0.750. The molecular weight excluding hydrogens is 186 g/mol. The molecule has 1 aliphatic rings. The highest BCUT2D eigenvalue weighted by atomic mass is 16.5. The number of carbonyl (C=O) groups is 2. The first-order valence-electron chi connectivity index (χ1n) is 4.58. The van der Waals surface area contributed by atoms with E-state index in [1.807, 2.05) is 0 Å². The smallest absolute Gasteiger partial charge is 0.267 e. The molecule has 6 heteroatoms. The van der Waals surface area contributed by atoms with Crippen molar-refractivity contribution in [2.75, 3.05) is 6.61 Å². The van der Waals surface area contributed by atoms with Crippen LogP contribution in [0.4, 0.5) is 0 Å². The minimum absolute atomic E-state index is 0.323. The Morgan fingerprint density at radius 1 is 1.50 bits per heavy atom. The van der Waals surface area contributed by atoms with Crippen molar-refractivity contribution in [1.29, 1.82) is 0 Å². The lowest BCUT2D eigenvalue weighted by atomic mass is 10.2. The zero-order valence-corrected chi connectivity index (χ0v) is 8.08. The topological polar surface area (TPSA) is 93.5 Å². The number of nitrogens with two attached hydrogens (primary N) is 1. The average Bonchev–Trinajstić information content (AvgIpc) is 2.66. The molecule has 1 fully saturated rings. The number of hydrazine groups is 1. The summed E-state index contributed by atoms with van der Waals surface area (Å²) < 4.78 is 5.11. The molecule has 0 aromatic rings. The molecule has 1 saturated heterocycles. The molecular formula is C8H15N3O3. The van der Waals surface area contributed by atoms with Gasteiger partial charge >= 0.3 is 0 Å². The third-order valence-corrected chi connectivity index (χ3v) is 1.94. The summed E-state index contributed by atoms with van der Waals surface area (Å²) in [4.78, 5) is 22.3. The average molecular weight is 201 g/mol. The van der Waals surface area contributed by atoms with Gasteiger partial charge < -0.3 is 10.5 Å². The maximum atomic E-state index is 11.3. The molecule has 1 rings (SSSR count). The Balaban J connectivity index is 2.23. The van der Waals surface area contributed by atoms with Crippen molar-refractivity contribution < 1.29 is 14.3 Å². The second-order valence-corrected chi connectivity index (χ2v) is 3.27. The standard InChI is InChI=1S/C8H15N3O3/c1-5(9)7(12)10-11-8(13)6-3-2-4-14-6/h5-6H,2-4,9H2,1H3,(H,10,12)(H,11,13). The van der Waals surface area contributed by atoms with Crippen LogP contribution in [0.15, 0.2) is 0 Å². The van der Waals surface area contributed by atoms with Gasteiger partial charge in [0.2, 0.25) is 0 Å². The van der Waals surface area contributed by atoms with Crippen molar-refractivity contribution in [2.24, 2.45) is 5.73 Å². The zero-order chi connectivity index (χ0) is 10.6. The van der Waals surface area contributed by atoms with Crippen molar-refractivity contribution in [1.82, 2.24) is 10.9 Å². The minimum atomic E-state index is -0.639. The van der Waals surface area contributed by atoms with Gasteiger partial charge in [0.1, 0.15) is 6.10 Å². The van der Waals surface area contributed by atoms with Crippen LogP contribution in [-0.4, -0.2) is 30.6 Å². The molecule has 80 valence electrons. The first-order chi connectivity index (χ1) is 6.61. The lowest BCUT2D eigenvalue weighted by Gasteiger charge is -2.12. The van der Waals surface area contributed by atoms with E-state index in [1.54, 1.807) is 0 Å². The predicted molar refractivity (Wildman–Crippen MR) is 48.9 cm³/mol. The Morgan fingerprint density at radius 3 is 2.71 bits per heavy atom. The van der Waals surface area contributed by atoms with E-state index in [-0.39, 0.29) is 5.91 Å². The third kappa shape index (κ3) is 2.97. The summed E-state index contributed by atoms with van der Waals surface area (Å²) in [5.74, 6) is -0.743. The number of nitrogens with one attached hydrogen (secondary N) is 2. The summed E-state index contributed by atoms with van der Waals surface area (Å²) in [5.41, 5.74) is 9.76. The molecule has 0 saturated carbocycles. The van der Waals surface area contributed by atoms with Crippen molar-refractivity contribution in [3.63, 3.8) is 0 Å². The lowest BCUT2D eigenvalue weighted by molar-refractivity contribution is -0.135. The molecule has 14 heavy (non-hydrogen) atoms. The summed E-state index contributed by atoms with van der Waals surface area (Å²) in [6.07, 6.45) is 1.13. The van der Waals surface area contributed by atoms with Gasteiger partial charge in [-0.3, -0.25) is 20.4 Å². The molecule has 1 heterocycles. The van der Waals surface area contributed by atoms with E-state index < -0.39 is 18.1 Å². The Bertz CT molecular complexity index is 224. The van der Waals surface area contributed by atoms with Crippen molar-refractivity contribution >= 4 is 11.8 Å². The molecule has 2 amide bonds. The van der Waals surface area contributed by atoms with E-state index in [4.69, 9.17) is 10.5 Å². The van der Waals surface area contributed by atoms with Gasteiger partial charge in [0, 0.05) is 6.61 Å². The van der Waals surface area contributed by atoms with Gasteiger partial charge in [0.25, 0.3) is 11.8 Å². The largest absolute Gasteiger partial charge is 0.368 e. The molecule has 0 bridgehead atoms. The Hall–Kier alpha value is -1.14. The highest BCUT2D eigenvalue weighted by Gasteiger charge is 2.23. The molecule has 0 aromatic heterocycles. The summed E-state index contributed by atoms with van der Waals surface area (Å²) in [6.45, 7) is 2.13. The summed E-state index contributed by atoms with van der Waals surface area (Å²) in [5, 5.41) is 0. The SMILES string of the molecule is CC(N)C(=O)NNC(=O)C1CCCO1. The molecule has 4 N–H and O–H groups in total. The lowest BCUT2D eigenvalue weighted by Crippen LogP contribution is -2.50. The molecule has 2 unspecified atom stereocenters. The van der Waals surface area contributed by atoms with Crippen LogP contribution in [0.5, 0.6) is 0 Å². The van der Waals surface area contributed by atoms with Crippen molar-refractivity contribution in [2.45, 2.75) is 31.9 Å². The summed E-state index contributed by atoms with van der Waals surface area (Å²) in [6, 6.07) is -0.639. The molecule has 0 aliphatic carbocycles. The van der Waals surface area contributed by atoms with Gasteiger partial charge in [-0.2, -0.15) is 0 Å². The highest BCUT2D eigenvalue weighted by molar-refractivity contribution is 5.86. The number of hydrogen-bond donors (Lipinski definition) is 3. The van der Waals surface area contributed by atoms with E-state index in [1.165, 1.54) is 6.92 Å². The second kappa shape index (κ2) is 4.92. The molecule has 2 atom stereocenters. The van der Waals surface area contributed by atoms with E-state index in [0.29, 0.717) is 13.0 Å². The normalized spacial score (nSPS) is 22.9. The minimum Gasteiger partial charge on any atom is -0.368 e. The third-order valence-electron chi connectivity index (χ3n) is 1.94.